The van der Waals surface area contributed by atoms with E-state index in [1.807, 2.05) is 18.4 Å². The van der Waals surface area contributed by atoms with Gasteiger partial charge in [-0.15, -0.1) is 11.3 Å². The average molecular weight is 340 g/mol. The van der Waals surface area contributed by atoms with Crippen LogP contribution in [-0.2, 0) is 6.42 Å². The van der Waals surface area contributed by atoms with Crippen LogP contribution in [0.2, 0.25) is 0 Å². The fourth-order valence-corrected chi connectivity index (χ4v) is 5.20. The Morgan fingerprint density at radius 1 is 1.33 bits per heavy atom. The van der Waals surface area contributed by atoms with Crippen molar-refractivity contribution < 1.29 is 4.79 Å². The van der Waals surface area contributed by atoms with Crippen LogP contribution in [0.15, 0.2) is 41.8 Å². The second-order valence-corrected chi connectivity index (χ2v) is 8.21. The van der Waals surface area contributed by atoms with Crippen LogP contribution in [0.25, 0.3) is 0 Å². The van der Waals surface area contributed by atoms with Gasteiger partial charge in [0.2, 0.25) is 0 Å². The molecule has 2 aliphatic heterocycles. The normalized spacial score (nSPS) is 25.9. The van der Waals surface area contributed by atoms with Gasteiger partial charge in [0, 0.05) is 31.6 Å². The topological polar surface area (TPSA) is 32.3 Å². The molecular formula is C20H24N2OS. The van der Waals surface area contributed by atoms with E-state index < -0.39 is 0 Å². The van der Waals surface area contributed by atoms with Gasteiger partial charge in [0.15, 0.2) is 0 Å². The smallest absolute Gasteiger partial charge is 0.264 e. The third-order valence-electron chi connectivity index (χ3n) is 5.78. The Bertz CT molecular complexity index is 726. The van der Waals surface area contributed by atoms with Gasteiger partial charge in [-0.05, 0) is 48.3 Å². The summed E-state index contributed by atoms with van der Waals surface area (Å²) in [4.78, 5) is 15.9. The molecule has 0 saturated carbocycles. The molecule has 3 nitrogen and oxygen atoms in total. The molecule has 2 fully saturated rings. The minimum atomic E-state index is 0.232. The standard InChI is InChI=1S/C20H24N2OS/c1-15-8-10-24-18(15)19(23)22-12-17-11-21-13-20(17,14-22)9-7-16-5-3-2-4-6-16/h2-6,8,10,17,21H,7,9,11-14H2,1H3. The average Bonchev–Trinajstić information content (AvgIpc) is 3.27. The lowest BCUT2D eigenvalue weighted by molar-refractivity contribution is 0.0773. The number of benzene rings is 1. The number of fused-ring (bicyclic) bond motifs is 1. The van der Waals surface area contributed by atoms with Gasteiger partial charge < -0.3 is 10.2 Å². The van der Waals surface area contributed by atoms with E-state index >= 15 is 0 Å². The number of aryl methyl sites for hydroxylation is 2. The zero-order valence-corrected chi connectivity index (χ0v) is 14.9. The number of nitrogens with one attached hydrogen (secondary N) is 1. The van der Waals surface area contributed by atoms with Gasteiger partial charge in [0.25, 0.3) is 5.91 Å². The summed E-state index contributed by atoms with van der Waals surface area (Å²) in [5.41, 5.74) is 2.76. The van der Waals surface area contributed by atoms with E-state index in [4.69, 9.17) is 0 Å². The summed E-state index contributed by atoms with van der Waals surface area (Å²) in [6, 6.07) is 12.8. The molecule has 126 valence electrons. The number of thiophene rings is 1. The molecule has 1 aromatic heterocycles. The lowest BCUT2D eigenvalue weighted by Crippen LogP contribution is -2.36. The van der Waals surface area contributed by atoms with Gasteiger partial charge in [-0.1, -0.05) is 30.3 Å². The number of carbonyl (C=O) groups excluding carboxylic acids is 1. The first-order valence-electron chi connectivity index (χ1n) is 8.76. The highest BCUT2D eigenvalue weighted by Crippen LogP contribution is 2.43. The lowest BCUT2D eigenvalue weighted by Gasteiger charge is -2.28. The van der Waals surface area contributed by atoms with Crippen LogP contribution in [0, 0.1) is 18.3 Å². The van der Waals surface area contributed by atoms with Crippen LogP contribution in [0.3, 0.4) is 0 Å². The van der Waals surface area contributed by atoms with Crippen LogP contribution in [0.4, 0.5) is 0 Å². The number of rotatable bonds is 4. The van der Waals surface area contributed by atoms with E-state index in [2.05, 4.69) is 40.5 Å². The minimum Gasteiger partial charge on any atom is -0.337 e. The maximum absolute atomic E-state index is 12.9. The molecule has 0 radical (unpaired) electrons. The van der Waals surface area contributed by atoms with Crippen molar-refractivity contribution in [2.24, 2.45) is 11.3 Å². The Morgan fingerprint density at radius 2 is 2.17 bits per heavy atom. The second kappa shape index (κ2) is 6.34. The van der Waals surface area contributed by atoms with E-state index in [9.17, 15) is 4.79 Å². The van der Waals surface area contributed by atoms with Crippen molar-refractivity contribution in [3.63, 3.8) is 0 Å². The highest BCUT2D eigenvalue weighted by Gasteiger charge is 2.50. The quantitative estimate of drug-likeness (QED) is 0.926. The van der Waals surface area contributed by atoms with Crippen LogP contribution in [-0.4, -0.2) is 37.0 Å². The number of hydrogen-bond acceptors (Lipinski definition) is 3. The zero-order chi connectivity index (χ0) is 16.6. The molecule has 2 aliphatic rings. The predicted molar refractivity (Wildman–Crippen MR) is 98.5 cm³/mol. The van der Waals surface area contributed by atoms with Crippen LogP contribution in [0.5, 0.6) is 0 Å². The van der Waals surface area contributed by atoms with Crippen molar-refractivity contribution >= 4 is 17.2 Å². The van der Waals surface area contributed by atoms with Crippen molar-refractivity contribution in [2.45, 2.75) is 19.8 Å². The Hall–Kier alpha value is -1.65. The molecule has 2 unspecified atom stereocenters. The number of hydrogen-bond donors (Lipinski definition) is 1. The van der Waals surface area contributed by atoms with Gasteiger partial charge in [0.1, 0.15) is 0 Å². The minimum absolute atomic E-state index is 0.232. The van der Waals surface area contributed by atoms with Gasteiger partial charge in [-0.3, -0.25) is 4.79 Å². The Labute approximate surface area is 147 Å². The van der Waals surface area contributed by atoms with Crippen molar-refractivity contribution in [2.75, 3.05) is 26.2 Å². The van der Waals surface area contributed by atoms with E-state index in [0.717, 1.165) is 49.5 Å². The van der Waals surface area contributed by atoms with Crippen LogP contribution >= 0.6 is 11.3 Å². The summed E-state index contributed by atoms with van der Waals surface area (Å²) in [5.74, 6) is 0.821. The number of likely N-dealkylation sites (tertiary alicyclic amines) is 1. The molecule has 4 rings (SSSR count). The molecule has 1 aromatic carbocycles. The molecule has 3 heterocycles. The summed E-state index contributed by atoms with van der Waals surface area (Å²) in [7, 11) is 0. The van der Waals surface area contributed by atoms with Gasteiger partial charge in [0.05, 0.1) is 4.88 Å². The molecule has 1 amide bonds. The summed E-state index contributed by atoms with van der Waals surface area (Å²) < 4.78 is 0. The third kappa shape index (κ3) is 2.78. The van der Waals surface area contributed by atoms with E-state index in [1.165, 1.54) is 5.56 Å². The SMILES string of the molecule is Cc1ccsc1C(=O)N1CC2CNCC2(CCc2ccccc2)C1. The van der Waals surface area contributed by atoms with Crippen LogP contribution in [0.1, 0.15) is 27.2 Å². The molecule has 24 heavy (non-hydrogen) atoms. The fraction of sp³-hybridized carbons (Fsp3) is 0.450. The number of amides is 1. The fourth-order valence-electron chi connectivity index (χ4n) is 4.31. The van der Waals surface area contributed by atoms with Crippen molar-refractivity contribution in [3.8, 4) is 0 Å². The third-order valence-corrected chi connectivity index (χ3v) is 6.78. The highest BCUT2D eigenvalue weighted by molar-refractivity contribution is 7.12. The van der Waals surface area contributed by atoms with Crippen molar-refractivity contribution in [3.05, 3.63) is 57.8 Å². The zero-order valence-electron chi connectivity index (χ0n) is 14.1. The molecule has 0 spiro atoms. The van der Waals surface area contributed by atoms with Gasteiger partial charge in [-0.2, -0.15) is 0 Å². The summed E-state index contributed by atoms with van der Waals surface area (Å²) in [6.45, 7) is 5.92. The highest BCUT2D eigenvalue weighted by atomic mass is 32.1. The maximum Gasteiger partial charge on any atom is 0.264 e. The molecule has 0 aliphatic carbocycles. The molecule has 2 atom stereocenters. The summed E-state index contributed by atoms with van der Waals surface area (Å²) in [5, 5.41) is 5.59. The summed E-state index contributed by atoms with van der Waals surface area (Å²) >= 11 is 1.57. The predicted octanol–water partition coefficient (Wildman–Crippen LogP) is 3.35. The first-order valence-corrected chi connectivity index (χ1v) is 9.64. The monoisotopic (exact) mass is 340 g/mol. The van der Waals surface area contributed by atoms with E-state index in [-0.39, 0.29) is 11.3 Å². The number of carbonyl (C=O) groups is 1. The van der Waals surface area contributed by atoms with Crippen molar-refractivity contribution in [1.29, 1.82) is 0 Å². The number of nitrogens with zero attached hydrogens (tertiary/aromatic N) is 1. The first-order chi connectivity index (χ1) is 11.7. The maximum atomic E-state index is 12.9. The largest absolute Gasteiger partial charge is 0.337 e. The lowest BCUT2D eigenvalue weighted by atomic mass is 9.76. The van der Waals surface area contributed by atoms with Gasteiger partial charge >= 0.3 is 0 Å². The second-order valence-electron chi connectivity index (χ2n) is 7.29. The van der Waals surface area contributed by atoms with Crippen LogP contribution < -0.4 is 5.32 Å². The van der Waals surface area contributed by atoms with E-state index in [0.29, 0.717) is 5.92 Å². The molecule has 1 N–H and O–H groups in total. The van der Waals surface area contributed by atoms with Gasteiger partial charge in [-0.25, -0.2) is 0 Å². The Kier molecular flexibility index (Phi) is 4.19. The Morgan fingerprint density at radius 3 is 2.92 bits per heavy atom. The Balaban J connectivity index is 1.49. The molecule has 4 heteroatoms. The molecular weight excluding hydrogens is 316 g/mol. The molecule has 2 aromatic rings. The van der Waals surface area contributed by atoms with Crippen molar-refractivity contribution in [1.82, 2.24) is 10.2 Å². The summed E-state index contributed by atoms with van der Waals surface area (Å²) in [6.07, 6.45) is 2.25. The van der Waals surface area contributed by atoms with E-state index in [1.54, 1.807) is 11.3 Å². The first kappa shape index (κ1) is 15.9. The molecule has 0 bridgehead atoms. The molecule has 2 saturated heterocycles.